The van der Waals surface area contributed by atoms with Crippen LogP contribution in [-0.2, 0) is 20.8 Å². The number of likely N-dealkylation sites (tertiary alicyclic amines) is 1. The van der Waals surface area contributed by atoms with Gasteiger partial charge in [-0.2, -0.15) is 0 Å². The molecule has 0 bridgehead atoms. The lowest BCUT2D eigenvalue weighted by Crippen LogP contribution is -2.58. The van der Waals surface area contributed by atoms with E-state index in [2.05, 4.69) is 25.9 Å². The summed E-state index contributed by atoms with van der Waals surface area (Å²) >= 11 is 0. The standard InChI is InChI=1S/C31H37F3N6O4.ClH/c1-16(35-5)29(42)39-27(31(2,3)4)30(43)40-11-7-8-22(40)23(41)13-17-12-18-21(14-24(17)44-6)36-15-37-28(18)38-20-10-9-19(32)25(33)26(20)34;/h9-10,12,14-16,22,27,35H,7-8,11,13H2,1-6H3,(H,39,42)(H,36,37,38);1H/t16-,22-,27+;/m0./s1. The van der Waals surface area contributed by atoms with Crippen LogP contribution in [0, 0.1) is 22.9 Å². The Morgan fingerprint density at radius 3 is 2.47 bits per heavy atom. The highest BCUT2D eigenvalue weighted by Crippen LogP contribution is 2.33. The van der Waals surface area contributed by atoms with E-state index in [4.69, 9.17) is 4.74 Å². The summed E-state index contributed by atoms with van der Waals surface area (Å²) in [6.07, 6.45) is 2.20. The minimum absolute atomic E-state index is 0. The molecule has 1 aromatic heterocycles. The Kier molecular flexibility index (Phi) is 11.4. The predicted molar refractivity (Wildman–Crippen MR) is 166 cm³/mol. The van der Waals surface area contributed by atoms with E-state index in [1.54, 1.807) is 26.1 Å². The summed E-state index contributed by atoms with van der Waals surface area (Å²) in [5.41, 5.74) is -0.0804. The molecule has 2 aromatic carbocycles. The number of halogens is 4. The number of likely N-dealkylation sites (N-methyl/N-ethyl adjacent to an activating group) is 1. The SMILES string of the molecule is CN[C@@H](C)C(=O)N[C@H](C(=O)N1CCC[C@H]1C(=O)Cc1cc2c(Nc3ccc(F)c(F)c3F)ncnc2cc1OC)C(C)(C)C.Cl. The molecule has 0 unspecified atom stereocenters. The highest BCUT2D eigenvalue weighted by atomic mass is 35.5. The number of ether oxygens (including phenoxy) is 1. The summed E-state index contributed by atoms with van der Waals surface area (Å²) in [6.45, 7) is 7.63. The highest BCUT2D eigenvalue weighted by Gasteiger charge is 2.42. The number of carbonyl (C=O) groups is 3. The number of carbonyl (C=O) groups excluding carboxylic acids is 3. The minimum atomic E-state index is -1.62. The lowest BCUT2D eigenvalue weighted by Gasteiger charge is -2.36. The van der Waals surface area contributed by atoms with Crippen LogP contribution in [0.1, 0.15) is 46.1 Å². The maximum absolute atomic E-state index is 14.4. The quantitative estimate of drug-likeness (QED) is 0.275. The molecule has 1 aliphatic rings. The van der Waals surface area contributed by atoms with E-state index in [1.165, 1.54) is 18.3 Å². The molecular weight excluding hydrogens is 613 g/mol. The first-order valence-corrected chi connectivity index (χ1v) is 14.3. The van der Waals surface area contributed by atoms with Crippen LogP contribution < -0.4 is 20.7 Å². The number of nitrogens with one attached hydrogen (secondary N) is 3. The van der Waals surface area contributed by atoms with Crippen LogP contribution in [0.3, 0.4) is 0 Å². The number of ketones is 1. The lowest BCUT2D eigenvalue weighted by atomic mass is 9.85. The largest absolute Gasteiger partial charge is 0.496 e. The van der Waals surface area contributed by atoms with Crippen LogP contribution >= 0.6 is 12.4 Å². The number of aromatic nitrogens is 2. The molecule has 3 N–H and O–H groups in total. The third kappa shape index (κ3) is 7.64. The van der Waals surface area contributed by atoms with Gasteiger partial charge in [0, 0.05) is 30.0 Å². The molecule has 10 nitrogen and oxygen atoms in total. The van der Waals surface area contributed by atoms with E-state index in [9.17, 15) is 27.6 Å². The number of hydrogen-bond acceptors (Lipinski definition) is 8. The molecule has 1 saturated heterocycles. The molecular formula is C31H38ClF3N6O4. The Balaban J connectivity index is 0.00000552. The van der Waals surface area contributed by atoms with Gasteiger partial charge in [-0.1, -0.05) is 20.8 Å². The van der Waals surface area contributed by atoms with Crippen molar-refractivity contribution < 1.29 is 32.3 Å². The number of anilines is 2. The molecule has 3 atom stereocenters. The van der Waals surface area contributed by atoms with Gasteiger partial charge in [-0.05, 0) is 50.4 Å². The molecule has 14 heteroatoms. The molecule has 244 valence electrons. The van der Waals surface area contributed by atoms with Crippen LogP contribution in [0.25, 0.3) is 10.9 Å². The van der Waals surface area contributed by atoms with Gasteiger partial charge in [0.2, 0.25) is 11.8 Å². The van der Waals surface area contributed by atoms with E-state index >= 15 is 0 Å². The zero-order chi connectivity index (χ0) is 32.3. The second-order valence-corrected chi connectivity index (χ2v) is 11.9. The molecule has 3 aromatic rings. The third-order valence-corrected chi connectivity index (χ3v) is 7.82. The molecule has 0 aliphatic carbocycles. The fourth-order valence-corrected chi connectivity index (χ4v) is 5.19. The number of rotatable bonds is 10. The second kappa shape index (κ2) is 14.4. The molecule has 0 radical (unpaired) electrons. The van der Waals surface area contributed by atoms with Gasteiger partial charge < -0.3 is 25.6 Å². The molecule has 2 amide bonds. The van der Waals surface area contributed by atoms with Crippen molar-refractivity contribution >= 4 is 52.4 Å². The van der Waals surface area contributed by atoms with Crippen molar-refractivity contribution in [2.75, 3.05) is 26.0 Å². The van der Waals surface area contributed by atoms with Crippen molar-refractivity contribution in [3.8, 4) is 5.75 Å². The normalized spacial score (nSPS) is 16.1. The summed E-state index contributed by atoms with van der Waals surface area (Å²) in [5.74, 6) is -4.76. The van der Waals surface area contributed by atoms with Gasteiger partial charge in [-0.3, -0.25) is 14.4 Å². The van der Waals surface area contributed by atoms with E-state index in [1.807, 2.05) is 20.8 Å². The summed E-state index contributed by atoms with van der Waals surface area (Å²) in [7, 11) is 3.10. The van der Waals surface area contributed by atoms with Crippen LogP contribution in [0.2, 0.25) is 0 Å². The topological polar surface area (TPSA) is 126 Å². The van der Waals surface area contributed by atoms with Crippen LogP contribution in [0.15, 0.2) is 30.6 Å². The van der Waals surface area contributed by atoms with E-state index in [-0.39, 0.29) is 47.9 Å². The number of fused-ring (bicyclic) bond motifs is 1. The molecule has 2 heterocycles. The van der Waals surface area contributed by atoms with Crippen molar-refractivity contribution in [2.24, 2.45) is 5.41 Å². The average Bonchev–Trinajstić information content (AvgIpc) is 3.49. The van der Waals surface area contributed by atoms with Crippen LogP contribution in [-0.4, -0.2) is 71.3 Å². The number of benzene rings is 2. The number of methoxy groups -OCH3 is 1. The number of Topliss-reactive ketones (excluding diaryl/α,β-unsaturated/α-hetero) is 1. The zero-order valence-corrected chi connectivity index (χ0v) is 26.8. The van der Waals surface area contributed by atoms with E-state index in [0.717, 1.165) is 12.1 Å². The second-order valence-electron chi connectivity index (χ2n) is 11.9. The van der Waals surface area contributed by atoms with Crippen molar-refractivity contribution in [1.29, 1.82) is 0 Å². The Labute approximate surface area is 265 Å². The zero-order valence-electron chi connectivity index (χ0n) is 26.0. The van der Waals surface area contributed by atoms with Gasteiger partial charge in [-0.15, -0.1) is 12.4 Å². The third-order valence-electron chi connectivity index (χ3n) is 7.82. The molecule has 0 saturated carbocycles. The van der Waals surface area contributed by atoms with Gasteiger partial charge in [0.05, 0.1) is 30.4 Å². The first-order valence-electron chi connectivity index (χ1n) is 14.3. The molecule has 1 fully saturated rings. The van der Waals surface area contributed by atoms with Crippen molar-refractivity contribution in [3.63, 3.8) is 0 Å². The Morgan fingerprint density at radius 1 is 1.11 bits per heavy atom. The summed E-state index contributed by atoms with van der Waals surface area (Å²) < 4.78 is 47.3. The number of amides is 2. The summed E-state index contributed by atoms with van der Waals surface area (Å²) in [6, 6.07) is 2.98. The fourth-order valence-electron chi connectivity index (χ4n) is 5.19. The van der Waals surface area contributed by atoms with E-state index < -0.39 is 41.0 Å². The van der Waals surface area contributed by atoms with Crippen molar-refractivity contribution in [3.05, 3.63) is 53.6 Å². The Morgan fingerprint density at radius 2 is 1.82 bits per heavy atom. The van der Waals surface area contributed by atoms with Gasteiger partial charge in [-0.25, -0.2) is 23.1 Å². The molecule has 45 heavy (non-hydrogen) atoms. The van der Waals surface area contributed by atoms with Crippen molar-refractivity contribution in [1.82, 2.24) is 25.5 Å². The Hall–Kier alpha value is -3.97. The molecule has 4 rings (SSSR count). The lowest BCUT2D eigenvalue weighted by molar-refractivity contribution is -0.143. The first kappa shape index (κ1) is 35.5. The van der Waals surface area contributed by atoms with Crippen LogP contribution in [0.5, 0.6) is 5.75 Å². The predicted octanol–water partition coefficient (Wildman–Crippen LogP) is 4.46. The van der Waals surface area contributed by atoms with Gasteiger partial charge >= 0.3 is 0 Å². The monoisotopic (exact) mass is 650 g/mol. The summed E-state index contributed by atoms with van der Waals surface area (Å²) in [5, 5.41) is 8.78. The van der Waals surface area contributed by atoms with Gasteiger partial charge in [0.25, 0.3) is 0 Å². The Bertz CT molecular complexity index is 1590. The smallest absolute Gasteiger partial charge is 0.246 e. The average molecular weight is 651 g/mol. The molecule has 0 spiro atoms. The minimum Gasteiger partial charge on any atom is -0.496 e. The highest BCUT2D eigenvalue weighted by molar-refractivity contribution is 5.97. The number of hydrogen-bond donors (Lipinski definition) is 3. The fraction of sp³-hybridized carbons (Fsp3) is 0.452. The first-order chi connectivity index (χ1) is 20.8. The van der Waals surface area contributed by atoms with E-state index in [0.29, 0.717) is 41.6 Å². The molecule has 1 aliphatic heterocycles. The maximum Gasteiger partial charge on any atom is 0.246 e. The summed E-state index contributed by atoms with van der Waals surface area (Å²) in [4.78, 5) is 50.1. The van der Waals surface area contributed by atoms with Gasteiger partial charge in [0.1, 0.15) is 23.9 Å². The van der Waals surface area contributed by atoms with Gasteiger partial charge in [0.15, 0.2) is 23.2 Å². The maximum atomic E-state index is 14.4. The number of nitrogens with zero attached hydrogens (tertiary/aromatic N) is 3. The van der Waals surface area contributed by atoms with Crippen molar-refractivity contribution in [2.45, 2.75) is 65.1 Å². The van der Waals surface area contributed by atoms with Crippen LogP contribution in [0.4, 0.5) is 24.7 Å².